The van der Waals surface area contributed by atoms with Gasteiger partial charge in [-0.2, -0.15) is 33.7 Å². The van der Waals surface area contributed by atoms with Crippen LogP contribution in [0.4, 0.5) is 52.5 Å². The zero-order valence-corrected chi connectivity index (χ0v) is 78.3. The van der Waals surface area contributed by atoms with Gasteiger partial charge in [0.05, 0.1) is 82.6 Å². The Balaban J connectivity index is 0.000000123. The van der Waals surface area contributed by atoms with Crippen LogP contribution in [0.1, 0.15) is 37.4 Å². The smallest absolute Gasteiger partial charge is 0.386 e. The molecule has 12 aromatic rings. The van der Waals surface area contributed by atoms with Crippen molar-refractivity contribution in [2.24, 2.45) is 0 Å². The number of H-pyrrole nitrogens is 3. The Morgan fingerprint density at radius 3 is 1.14 bits per heavy atom. The molecule has 0 aromatic carbocycles. The molecule has 11 fully saturated rings. The fourth-order valence-corrected chi connectivity index (χ4v) is 25.5. The van der Waals surface area contributed by atoms with E-state index in [0.29, 0.717) is 33.7 Å². The number of hydrogen-bond acceptors (Lipinski definition) is 51. The first-order valence-electron chi connectivity index (χ1n) is 39.6. The molecule has 30 atom stereocenters. The Morgan fingerprint density at radius 1 is 0.387 bits per heavy atom. The summed E-state index contributed by atoms with van der Waals surface area (Å²) in [6.07, 6.45) is -25.8. The number of fused-ring (bicyclic) bond motifs is 13. The van der Waals surface area contributed by atoms with Crippen LogP contribution in [0.3, 0.4) is 0 Å². The molecule has 76 heteroatoms. The zero-order chi connectivity index (χ0) is 96.2. The van der Waals surface area contributed by atoms with Gasteiger partial charge in [-0.1, -0.05) is 33.1 Å². The zero-order valence-electron chi connectivity index (χ0n) is 68.0. The number of nitrogens with zero attached hydrogens (tertiary/aromatic N) is 22. The normalized spacial score (nSPS) is 39.0. The third-order valence-corrected chi connectivity index (χ3v) is 32.4. The fraction of sp³-hybridized carbons (Fsp3) is 0.525. The number of nitrogens with one attached hydrogen (secondary N) is 3. The molecule has 11 aliphatic heterocycles. The summed E-state index contributed by atoms with van der Waals surface area (Å²) in [5.74, 6) is -0.846. The summed E-state index contributed by atoms with van der Waals surface area (Å²) in [5, 5.41) is 30.6. The van der Waals surface area contributed by atoms with Gasteiger partial charge in [0.25, 0.3) is 16.7 Å². The van der Waals surface area contributed by atoms with Crippen molar-refractivity contribution in [1.29, 1.82) is 0 Å². The molecule has 23 rings (SSSR count). The Morgan fingerprint density at radius 2 is 0.723 bits per heavy atom. The maximum atomic E-state index is 16.0. The van der Waals surface area contributed by atoms with Crippen molar-refractivity contribution in [3.8, 4) is 0 Å². The Labute approximate surface area is 786 Å². The van der Waals surface area contributed by atoms with Gasteiger partial charge >= 0.3 is 40.4 Å². The molecule has 0 radical (unpaired) electrons. The van der Waals surface area contributed by atoms with E-state index in [1.807, 2.05) is 0 Å². The number of nitrogen functional groups attached to an aromatic ring is 6. The molecule has 23 heterocycles. The minimum Gasteiger partial charge on any atom is -0.397 e. The second-order valence-corrected chi connectivity index (χ2v) is 48.5. The molecule has 6 unspecified atom stereocenters. The second-order valence-electron chi connectivity index (χ2n) is 31.6. The lowest BCUT2D eigenvalue weighted by molar-refractivity contribution is -0.183. The van der Waals surface area contributed by atoms with Crippen LogP contribution in [0.2, 0.25) is 0 Å². The third-order valence-electron chi connectivity index (χ3n) is 23.0. The predicted octanol–water partition coefficient (Wildman–Crippen LogP) is -1.38. The van der Waals surface area contributed by atoms with E-state index in [0.717, 1.165) is 18.7 Å². The number of pyridine rings is 3. The van der Waals surface area contributed by atoms with E-state index in [-0.39, 0.29) is 81.4 Å². The highest BCUT2D eigenvalue weighted by atomic mass is 32.7. The van der Waals surface area contributed by atoms with Gasteiger partial charge in [-0.25, -0.2) is 47.0 Å². The molecule has 20 N–H and O–H groups in total. The molecule has 11 saturated heterocycles. The molecule has 137 heavy (non-hydrogen) atoms. The highest BCUT2D eigenvalue weighted by molar-refractivity contribution is 8.44. The number of thiol groups is 1. The summed E-state index contributed by atoms with van der Waals surface area (Å²) >= 11 is 30.2. The van der Waals surface area contributed by atoms with Crippen molar-refractivity contribution < 1.29 is 139 Å². The summed E-state index contributed by atoms with van der Waals surface area (Å²) in [4.78, 5) is 133. The van der Waals surface area contributed by atoms with Crippen LogP contribution in [-0.2, 0) is 156 Å². The maximum absolute atomic E-state index is 16.0. The van der Waals surface area contributed by atoms with Crippen LogP contribution in [0.25, 0.3) is 67.0 Å². The van der Waals surface area contributed by atoms with E-state index in [9.17, 15) is 43.4 Å². The van der Waals surface area contributed by atoms with Crippen LogP contribution < -0.4 is 51.1 Å². The van der Waals surface area contributed by atoms with Crippen molar-refractivity contribution in [1.82, 2.24) is 124 Å². The predicted molar refractivity (Wildman–Crippen MR) is 469 cm³/mol. The minimum atomic E-state index is -4.46. The average Bonchev–Trinajstić information content (AvgIpc) is 1.56. The molecule has 0 saturated carbocycles. The van der Waals surface area contributed by atoms with Gasteiger partial charge in [-0.15, -0.1) is 20.4 Å². The standard InChI is InChI=1S/2C21H23FN10O10P2S2.C19H21F2N11O9P2S2/c2*22-9-8-3-37-43(34,45)42-14-13-18(31-6-26-10-7(23)1-2-25-15(10)31)40-21(14,4-36-13)5-38-44(35,46)41-12(9)19(39-8)32-16-11(29-30-32)17(33)28-20(24)27-16;20-8-6-3-36-42(34,44)40-12-7(39-17(9(12)21)31-14-10(27-29-31)5(22)1-2-24-14)4-37-43(35,45)41-13(8)18(38-6)32-15-11(28-30-32)16(33)26-19(23)25-15/h2*1-2,6,8-9,12-14,18-19H,3-5H2,(H2,23,25)(H,34,45)(H,35,46)(H3,24,27,28,33);1-2,6-9,12-13,17-18H,3-4H2,(H2,22,24)(H,34,44)(H,35,45)(H3,23,25,26,33)/t2*8-,9+,12-,13-,14+,18-,19-,21-,43?,44?;6-,7-,8+,9+,12-,13-,17-,18-,42?,43?/m111/s1. The maximum Gasteiger partial charge on any atom is 0.386 e. The van der Waals surface area contributed by atoms with Gasteiger partial charge in [0, 0.05) is 18.6 Å². The van der Waals surface area contributed by atoms with Crippen molar-refractivity contribution in [2.45, 2.75) is 147 Å². The number of rotatable bonds is 6. The number of anilines is 6. The molecule has 60 nitrogen and oxygen atoms in total. The lowest BCUT2D eigenvalue weighted by Crippen LogP contribution is -2.45. The quantitative estimate of drug-likeness (QED) is 0.0518. The molecule has 0 amide bonds. The Hall–Kier alpha value is -8.02. The van der Waals surface area contributed by atoms with Gasteiger partial charge in [-0.05, 0) is 77.2 Å². The van der Waals surface area contributed by atoms with E-state index in [4.69, 9.17) is 186 Å². The van der Waals surface area contributed by atoms with E-state index in [1.54, 1.807) is 21.3 Å². The van der Waals surface area contributed by atoms with E-state index in [1.165, 1.54) is 37.3 Å². The first-order chi connectivity index (χ1) is 65.0. The summed E-state index contributed by atoms with van der Waals surface area (Å²) in [6, 6.07) is 4.66. The molecular formula is C61H67F4N31O29P6S6. The molecule has 0 spiro atoms. The average molecular weight is 2150 g/mol. The van der Waals surface area contributed by atoms with Crippen molar-refractivity contribution in [3.63, 3.8) is 0 Å². The van der Waals surface area contributed by atoms with Gasteiger partial charge in [0.1, 0.15) is 95.5 Å². The molecule has 734 valence electrons. The van der Waals surface area contributed by atoms with Crippen LogP contribution in [0.5, 0.6) is 0 Å². The molecule has 0 aliphatic carbocycles. The number of aromatic amines is 3. The summed E-state index contributed by atoms with van der Waals surface area (Å²) < 4.78 is 200. The molecule has 12 aromatic heterocycles. The van der Waals surface area contributed by atoms with Gasteiger partial charge in [0.2, 0.25) is 17.8 Å². The number of imidazole rings is 2. The number of ether oxygens (including phenoxy) is 8. The number of nitrogens with two attached hydrogens (primary N) is 6. The lowest BCUT2D eigenvalue weighted by Gasteiger charge is -2.33. The van der Waals surface area contributed by atoms with E-state index in [2.05, 4.69) is 108 Å². The number of hydrogen-bond donors (Lipinski definition) is 15. The number of alkyl halides is 4. The van der Waals surface area contributed by atoms with Crippen molar-refractivity contribution in [3.05, 3.63) is 80.5 Å². The molecular weight excluding hydrogens is 2090 g/mol. The van der Waals surface area contributed by atoms with Gasteiger partial charge in [0.15, 0.2) is 118 Å². The summed E-state index contributed by atoms with van der Waals surface area (Å²) in [5.41, 5.74) is 31.4. The van der Waals surface area contributed by atoms with E-state index >= 15 is 17.6 Å². The van der Waals surface area contributed by atoms with E-state index < -0.39 is 243 Å². The first kappa shape index (κ1) is 95.2. The fourth-order valence-electron chi connectivity index (χ4n) is 16.9. The van der Waals surface area contributed by atoms with Gasteiger partial charge in [-0.3, -0.25) is 70.1 Å². The largest absolute Gasteiger partial charge is 0.397 e. The Kier molecular flexibility index (Phi) is 24.5. The monoisotopic (exact) mass is 2150 g/mol. The second kappa shape index (κ2) is 35.2. The summed E-state index contributed by atoms with van der Waals surface area (Å²) in [6.45, 7) is -29.9. The van der Waals surface area contributed by atoms with Crippen molar-refractivity contribution in [2.75, 3.05) is 87.3 Å². The van der Waals surface area contributed by atoms with Gasteiger partial charge < -0.3 is 119 Å². The highest BCUT2D eigenvalue weighted by Gasteiger charge is 2.68. The van der Waals surface area contributed by atoms with Crippen LogP contribution in [-0.4, -0.2) is 310 Å². The first-order valence-corrected chi connectivity index (χ1v) is 55.3. The highest BCUT2D eigenvalue weighted by Crippen LogP contribution is 2.64. The van der Waals surface area contributed by atoms with Crippen molar-refractivity contribution >= 4 is 214 Å². The van der Waals surface area contributed by atoms with Crippen LogP contribution in [0, 0.1) is 0 Å². The topological polar surface area (TPSA) is 793 Å². The molecule has 11 aliphatic rings. The SMILES string of the molecule is Nc1nc2c(nnn2[C@@H]2O[C@@H]3COP(O)(=S)O[C@H]4[C@H](F)[C@H](n5nnc6c(N)ccnc65)O[C@@H]4COP(O)(=S)O[C@@H]2[C@H]3F)c(=O)[nH]1.Nc1nc2c(nnn2[C@@H]2O[C@@H]3COP(O)(=S)O[C@H]4[C@H]5OC[C@]4(COP(=O)(S)O[C@@H]2[C@H]3F)O[C@H]5n2cnc3c(N)ccnc32)c(=O)[nH]1.Nc1nc2c(nnn2[C@@H]2O[C@@H]3COP(O)(=S)O[C@H]4[C@H]5OC[C@]4(COP(O)(=S)O[C@@H]2[C@H]3F)O[C@H]5n2cnc3c(N)ccnc32)c(=O)[nH]1. The number of aromatic nitrogens is 25. The lowest BCUT2D eigenvalue weighted by atomic mass is 10.0. The third kappa shape index (κ3) is 17.4. The Bertz CT molecular complexity index is 7070. The number of halogens is 4. The van der Waals surface area contributed by atoms with Crippen LogP contribution >= 0.6 is 52.6 Å². The van der Waals surface area contributed by atoms with Crippen LogP contribution in [0.15, 0.2) is 63.8 Å². The minimum absolute atomic E-state index is 0.0836. The molecule has 10 bridgehead atoms. The summed E-state index contributed by atoms with van der Waals surface area (Å²) in [7, 11) is 0.